The molecule has 0 saturated carbocycles. The lowest BCUT2D eigenvalue weighted by molar-refractivity contribution is 0.628. The summed E-state index contributed by atoms with van der Waals surface area (Å²) in [5, 5.41) is 15.8. The second-order valence-corrected chi connectivity index (χ2v) is 8.71. The first-order valence-corrected chi connectivity index (χ1v) is 11.4. The van der Waals surface area contributed by atoms with Crippen molar-refractivity contribution in [1.82, 2.24) is 24.8 Å². The first-order valence-electron chi connectivity index (χ1n) is 10.2. The van der Waals surface area contributed by atoms with Crippen LogP contribution in [0.25, 0.3) is 27.5 Å². The molecule has 0 radical (unpaired) electrons. The summed E-state index contributed by atoms with van der Waals surface area (Å²) in [5.74, 6) is 0.352. The Morgan fingerprint density at radius 3 is 2.75 bits per heavy atom. The highest BCUT2D eigenvalue weighted by atomic mass is 32.2. The van der Waals surface area contributed by atoms with Crippen molar-refractivity contribution in [2.24, 2.45) is 0 Å². The highest BCUT2D eigenvalue weighted by Gasteiger charge is 2.20. The SMILES string of the molecule is CSc1ccc(Nc2nc(N)c3c(-c4cccc5[nH]ncc45)cc(C(C)C)n3n2)c(F)c1. The quantitative estimate of drug-likeness (QED) is 0.304. The molecule has 7 nitrogen and oxygen atoms in total. The fourth-order valence-corrected chi connectivity index (χ4v) is 4.30. The van der Waals surface area contributed by atoms with Gasteiger partial charge in [0.15, 0.2) is 5.82 Å². The molecule has 9 heteroatoms. The molecule has 3 aromatic heterocycles. The molecule has 0 bridgehead atoms. The molecule has 162 valence electrons. The Morgan fingerprint density at radius 1 is 1.16 bits per heavy atom. The van der Waals surface area contributed by atoms with Gasteiger partial charge in [-0.1, -0.05) is 26.0 Å². The zero-order chi connectivity index (χ0) is 22.4. The summed E-state index contributed by atoms with van der Waals surface area (Å²) in [6.07, 6.45) is 3.71. The number of fused-ring (bicyclic) bond motifs is 2. The van der Waals surface area contributed by atoms with Gasteiger partial charge in [0.25, 0.3) is 0 Å². The number of anilines is 3. The summed E-state index contributed by atoms with van der Waals surface area (Å²) in [6.45, 7) is 4.19. The molecule has 4 N–H and O–H groups in total. The lowest BCUT2D eigenvalue weighted by Crippen LogP contribution is -2.09. The van der Waals surface area contributed by atoms with E-state index in [-0.39, 0.29) is 17.7 Å². The number of nitrogens with zero attached hydrogens (tertiary/aromatic N) is 4. The summed E-state index contributed by atoms with van der Waals surface area (Å²) in [6, 6.07) is 13.1. The Morgan fingerprint density at radius 2 is 2.00 bits per heavy atom. The van der Waals surface area contributed by atoms with Crippen LogP contribution in [0.4, 0.5) is 21.8 Å². The van der Waals surface area contributed by atoms with Crippen LogP contribution in [0, 0.1) is 5.82 Å². The highest BCUT2D eigenvalue weighted by Crippen LogP contribution is 2.37. The molecule has 0 aliphatic carbocycles. The van der Waals surface area contributed by atoms with Gasteiger partial charge in [0.05, 0.1) is 17.4 Å². The summed E-state index contributed by atoms with van der Waals surface area (Å²) in [4.78, 5) is 5.29. The number of benzene rings is 2. The van der Waals surface area contributed by atoms with Crippen LogP contribution in [-0.2, 0) is 0 Å². The maximum atomic E-state index is 14.5. The molecule has 5 aromatic rings. The smallest absolute Gasteiger partial charge is 0.247 e. The van der Waals surface area contributed by atoms with Gasteiger partial charge in [-0.2, -0.15) is 10.1 Å². The largest absolute Gasteiger partial charge is 0.382 e. The van der Waals surface area contributed by atoms with Gasteiger partial charge in [-0.3, -0.25) is 5.10 Å². The Hall–Kier alpha value is -3.59. The van der Waals surface area contributed by atoms with Crippen molar-refractivity contribution in [1.29, 1.82) is 0 Å². The van der Waals surface area contributed by atoms with E-state index in [9.17, 15) is 4.39 Å². The normalized spacial score (nSPS) is 11.7. The monoisotopic (exact) mass is 447 g/mol. The fourth-order valence-electron chi connectivity index (χ4n) is 3.88. The van der Waals surface area contributed by atoms with Gasteiger partial charge in [0, 0.05) is 21.5 Å². The van der Waals surface area contributed by atoms with Gasteiger partial charge in [0.2, 0.25) is 5.95 Å². The maximum Gasteiger partial charge on any atom is 0.247 e. The molecule has 32 heavy (non-hydrogen) atoms. The van der Waals surface area contributed by atoms with Crippen molar-refractivity contribution in [2.45, 2.75) is 24.7 Å². The van der Waals surface area contributed by atoms with Gasteiger partial charge in [-0.15, -0.1) is 16.9 Å². The number of nitrogens with two attached hydrogens (primary N) is 1. The Labute approximate surface area is 188 Å². The number of hydrogen-bond donors (Lipinski definition) is 3. The molecular formula is C23H22FN7S. The van der Waals surface area contributed by atoms with Crippen LogP contribution in [0.1, 0.15) is 25.5 Å². The molecule has 2 aromatic carbocycles. The van der Waals surface area contributed by atoms with E-state index in [2.05, 4.69) is 45.5 Å². The van der Waals surface area contributed by atoms with Gasteiger partial charge in [0.1, 0.15) is 11.3 Å². The van der Waals surface area contributed by atoms with Crippen molar-refractivity contribution in [3.8, 4) is 11.1 Å². The number of thioether (sulfide) groups is 1. The van der Waals surface area contributed by atoms with Crippen molar-refractivity contribution >= 4 is 45.6 Å². The third-order valence-electron chi connectivity index (χ3n) is 5.46. The standard InChI is InChI=1S/C23H22FN7S/c1-12(2)20-10-15(14-5-4-6-18-16(14)11-26-29-18)21-22(25)28-23(30-31(20)21)27-19-8-7-13(32-3)9-17(19)24/h4-12H,1-3H3,(H,26,29)(H3,25,27,28,30). The Balaban J connectivity index is 1.67. The molecule has 5 rings (SSSR count). The average Bonchev–Trinajstić information content (AvgIpc) is 3.40. The second-order valence-electron chi connectivity index (χ2n) is 7.83. The highest BCUT2D eigenvalue weighted by molar-refractivity contribution is 7.98. The number of aromatic nitrogens is 5. The average molecular weight is 448 g/mol. The van der Waals surface area contributed by atoms with E-state index in [4.69, 9.17) is 5.73 Å². The number of nitrogens with one attached hydrogen (secondary N) is 2. The minimum atomic E-state index is -0.372. The number of aromatic amines is 1. The molecule has 0 fully saturated rings. The molecule has 0 aliphatic heterocycles. The first kappa shape index (κ1) is 20.3. The number of hydrogen-bond acceptors (Lipinski definition) is 6. The number of rotatable bonds is 5. The Kier molecular flexibility index (Phi) is 4.97. The molecule has 0 amide bonds. The number of halogens is 1. The predicted octanol–water partition coefficient (Wildman–Crippen LogP) is 5.58. The minimum absolute atomic E-state index is 0.180. The molecule has 3 heterocycles. The lowest BCUT2D eigenvalue weighted by Gasteiger charge is -2.11. The maximum absolute atomic E-state index is 14.5. The number of nitrogen functional groups attached to an aromatic ring is 1. The summed E-state index contributed by atoms with van der Waals surface area (Å²) in [5.41, 5.74) is 11.3. The summed E-state index contributed by atoms with van der Waals surface area (Å²) < 4.78 is 16.3. The van der Waals surface area contributed by atoms with Crippen LogP contribution in [0.3, 0.4) is 0 Å². The minimum Gasteiger partial charge on any atom is -0.382 e. The second kappa shape index (κ2) is 7.83. The van der Waals surface area contributed by atoms with E-state index in [1.807, 2.05) is 30.5 Å². The molecule has 0 saturated heterocycles. The van der Waals surface area contributed by atoms with Gasteiger partial charge in [-0.25, -0.2) is 8.91 Å². The zero-order valence-electron chi connectivity index (χ0n) is 17.8. The third kappa shape index (κ3) is 3.34. The van der Waals surface area contributed by atoms with E-state index in [1.54, 1.807) is 16.8 Å². The third-order valence-corrected chi connectivity index (χ3v) is 6.18. The van der Waals surface area contributed by atoms with Crippen molar-refractivity contribution in [3.05, 3.63) is 60.2 Å². The van der Waals surface area contributed by atoms with Crippen LogP contribution >= 0.6 is 11.8 Å². The van der Waals surface area contributed by atoms with Crippen LogP contribution in [-0.4, -0.2) is 31.1 Å². The van der Waals surface area contributed by atoms with Crippen molar-refractivity contribution < 1.29 is 4.39 Å². The molecule has 0 spiro atoms. The summed E-state index contributed by atoms with van der Waals surface area (Å²) >= 11 is 1.48. The molecular weight excluding hydrogens is 425 g/mol. The van der Waals surface area contributed by atoms with E-state index in [0.29, 0.717) is 17.0 Å². The van der Waals surface area contributed by atoms with Crippen LogP contribution in [0.5, 0.6) is 0 Å². The van der Waals surface area contributed by atoms with Crippen molar-refractivity contribution in [3.63, 3.8) is 0 Å². The topological polar surface area (TPSA) is 96.9 Å². The predicted molar refractivity (Wildman–Crippen MR) is 128 cm³/mol. The van der Waals surface area contributed by atoms with E-state index in [0.717, 1.165) is 32.6 Å². The lowest BCUT2D eigenvalue weighted by atomic mass is 10.0. The van der Waals surface area contributed by atoms with Crippen LogP contribution in [0.15, 0.2) is 53.6 Å². The van der Waals surface area contributed by atoms with E-state index >= 15 is 0 Å². The fraction of sp³-hybridized carbons (Fsp3) is 0.174. The van der Waals surface area contributed by atoms with Crippen LogP contribution < -0.4 is 11.1 Å². The van der Waals surface area contributed by atoms with Gasteiger partial charge < -0.3 is 11.1 Å². The Bertz CT molecular complexity index is 1450. The van der Waals surface area contributed by atoms with Crippen molar-refractivity contribution in [2.75, 3.05) is 17.3 Å². The molecule has 0 atom stereocenters. The van der Waals surface area contributed by atoms with Gasteiger partial charge >= 0.3 is 0 Å². The van der Waals surface area contributed by atoms with E-state index in [1.165, 1.54) is 17.8 Å². The number of H-pyrrole nitrogens is 1. The van der Waals surface area contributed by atoms with Crippen LogP contribution in [0.2, 0.25) is 0 Å². The van der Waals surface area contributed by atoms with Gasteiger partial charge in [-0.05, 0) is 48.1 Å². The van der Waals surface area contributed by atoms with E-state index < -0.39 is 0 Å². The zero-order valence-corrected chi connectivity index (χ0v) is 18.7. The molecule has 0 aliphatic rings. The first-order chi connectivity index (χ1) is 15.5. The summed E-state index contributed by atoms with van der Waals surface area (Å²) in [7, 11) is 0. The molecule has 0 unspecified atom stereocenters.